The SMILES string of the molecule is Cc1cc(CC2CCCCN2)cc(C#N)c1O. The zero-order valence-electron chi connectivity index (χ0n) is 10.2. The van der Waals surface area contributed by atoms with Gasteiger partial charge in [-0.1, -0.05) is 12.5 Å². The zero-order valence-corrected chi connectivity index (χ0v) is 10.2. The Hall–Kier alpha value is -1.53. The molecular weight excluding hydrogens is 212 g/mol. The number of hydrogen-bond acceptors (Lipinski definition) is 3. The summed E-state index contributed by atoms with van der Waals surface area (Å²) < 4.78 is 0. The molecule has 3 nitrogen and oxygen atoms in total. The van der Waals surface area contributed by atoms with Gasteiger partial charge in [0.05, 0.1) is 5.56 Å². The molecule has 1 fully saturated rings. The number of benzene rings is 1. The van der Waals surface area contributed by atoms with E-state index in [1.807, 2.05) is 19.1 Å². The highest BCUT2D eigenvalue weighted by Gasteiger charge is 2.14. The first-order valence-electron chi connectivity index (χ1n) is 6.16. The predicted octanol–water partition coefficient (Wildman–Crippen LogP) is 2.26. The van der Waals surface area contributed by atoms with Crippen molar-refractivity contribution in [1.29, 1.82) is 5.26 Å². The van der Waals surface area contributed by atoms with Crippen molar-refractivity contribution < 1.29 is 5.11 Å². The summed E-state index contributed by atoms with van der Waals surface area (Å²) in [7, 11) is 0. The lowest BCUT2D eigenvalue weighted by Crippen LogP contribution is -2.35. The Kier molecular flexibility index (Phi) is 3.65. The fourth-order valence-corrected chi connectivity index (χ4v) is 2.44. The fourth-order valence-electron chi connectivity index (χ4n) is 2.44. The van der Waals surface area contributed by atoms with Crippen LogP contribution in [0.4, 0.5) is 0 Å². The summed E-state index contributed by atoms with van der Waals surface area (Å²) in [6, 6.07) is 6.34. The van der Waals surface area contributed by atoms with Crippen molar-refractivity contribution in [3.63, 3.8) is 0 Å². The van der Waals surface area contributed by atoms with E-state index in [2.05, 4.69) is 5.32 Å². The molecule has 1 unspecified atom stereocenters. The van der Waals surface area contributed by atoms with Crippen LogP contribution in [-0.4, -0.2) is 17.7 Å². The van der Waals surface area contributed by atoms with Crippen LogP contribution in [0.25, 0.3) is 0 Å². The molecule has 0 saturated carbocycles. The number of hydrogen-bond donors (Lipinski definition) is 2. The minimum absolute atomic E-state index is 0.118. The smallest absolute Gasteiger partial charge is 0.136 e. The van der Waals surface area contributed by atoms with Gasteiger partial charge in [-0.15, -0.1) is 0 Å². The van der Waals surface area contributed by atoms with Crippen LogP contribution in [0.5, 0.6) is 5.75 Å². The number of nitrogens with zero attached hydrogens (tertiary/aromatic N) is 1. The molecule has 2 rings (SSSR count). The molecule has 1 aliphatic rings. The van der Waals surface area contributed by atoms with Crippen molar-refractivity contribution in [2.24, 2.45) is 0 Å². The van der Waals surface area contributed by atoms with E-state index in [0.717, 1.165) is 24.1 Å². The maximum absolute atomic E-state index is 9.69. The van der Waals surface area contributed by atoms with E-state index in [1.54, 1.807) is 6.07 Å². The fraction of sp³-hybridized carbons (Fsp3) is 0.500. The Morgan fingerprint density at radius 1 is 1.47 bits per heavy atom. The van der Waals surface area contributed by atoms with Gasteiger partial charge in [0.2, 0.25) is 0 Å². The van der Waals surface area contributed by atoms with Gasteiger partial charge in [-0.3, -0.25) is 0 Å². The van der Waals surface area contributed by atoms with Gasteiger partial charge in [0.1, 0.15) is 11.8 Å². The lowest BCUT2D eigenvalue weighted by molar-refractivity contribution is 0.399. The van der Waals surface area contributed by atoms with Crippen molar-refractivity contribution in [3.8, 4) is 11.8 Å². The van der Waals surface area contributed by atoms with Crippen molar-refractivity contribution in [2.75, 3.05) is 6.54 Å². The van der Waals surface area contributed by atoms with Gasteiger partial charge in [0, 0.05) is 6.04 Å². The second-order valence-corrected chi connectivity index (χ2v) is 4.77. The molecule has 17 heavy (non-hydrogen) atoms. The zero-order chi connectivity index (χ0) is 12.3. The number of piperidine rings is 1. The molecule has 1 aliphatic heterocycles. The number of aromatic hydroxyl groups is 1. The Morgan fingerprint density at radius 2 is 2.29 bits per heavy atom. The van der Waals surface area contributed by atoms with Gasteiger partial charge in [-0.25, -0.2) is 0 Å². The molecule has 1 aromatic carbocycles. The van der Waals surface area contributed by atoms with Crippen LogP contribution in [0.2, 0.25) is 0 Å². The Morgan fingerprint density at radius 3 is 2.94 bits per heavy atom. The van der Waals surface area contributed by atoms with Crippen LogP contribution < -0.4 is 5.32 Å². The normalized spacial score (nSPS) is 19.9. The topological polar surface area (TPSA) is 56.0 Å². The largest absolute Gasteiger partial charge is 0.506 e. The molecule has 0 bridgehead atoms. The first kappa shape index (κ1) is 11.9. The van der Waals surface area contributed by atoms with Crippen LogP contribution in [0, 0.1) is 18.3 Å². The Balaban J connectivity index is 2.16. The van der Waals surface area contributed by atoms with Gasteiger partial charge in [0.25, 0.3) is 0 Å². The minimum Gasteiger partial charge on any atom is -0.506 e. The van der Waals surface area contributed by atoms with Crippen molar-refractivity contribution in [2.45, 2.75) is 38.6 Å². The molecule has 0 radical (unpaired) electrons. The molecular formula is C14H18N2O. The molecule has 0 amide bonds. The molecule has 1 heterocycles. The Bertz CT molecular complexity index is 442. The first-order chi connectivity index (χ1) is 8.20. The quantitative estimate of drug-likeness (QED) is 0.819. The van der Waals surface area contributed by atoms with E-state index in [1.165, 1.54) is 19.3 Å². The number of nitriles is 1. The van der Waals surface area contributed by atoms with E-state index in [4.69, 9.17) is 5.26 Å². The summed E-state index contributed by atoms with van der Waals surface area (Å²) in [5.41, 5.74) is 2.31. The van der Waals surface area contributed by atoms with Crippen molar-refractivity contribution >= 4 is 0 Å². The molecule has 0 aromatic heterocycles. The molecule has 3 heteroatoms. The lowest BCUT2D eigenvalue weighted by atomic mass is 9.95. The molecule has 1 atom stereocenters. The lowest BCUT2D eigenvalue weighted by Gasteiger charge is -2.23. The summed E-state index contributed by atoms with van der Waals surface area (Å²) in [4.78, 5) is 0. The second kappa shape index (κ2) is 5.20. The average molecular weight is 230 g/mol. The highest BCUT2D eigenvalue weighted by atomic mass is 16.3. The third-order valence-electron chi connectivity index (χ3n) is 3.38. The van der Waals surface area contributed by atoms with Crippen molar-refractivity contribution in [1.82, 2.24) is 5.32 Å². The van der Waals surface area contributed by atoms with Crippen LogP contribution in [0.1, 0.15) is 36.0 Å². The van der Waals surface area contributed by atoms with E-state index in [0.29, 0.717) is 11.6 Å². The standard InChI is InChI=1S/C14H18N2O/c1-10-6-11(7-12(9-15)14(10)17)8-13-4-2-3-5-16-13/h6-7,13,16-17H,2-5,8H2,1H3. The third kappa shape index (κ3) is 2.78. The Labute approximate surface area is 102 Å². The van der Waals surface area contributed by atoms with Crippen molar-refractivity contribution in [3.05, 3.63) is 28.8 Å². The summed E-state index contributed by atoms with van der Waals surface area (Å²) in [5.74, 6) is 0.118. The number of phenols is 1. The van der Waals surface area contributed by atoms with Crippen LogP contribution in [0.15, 0.2) is 12.1 Å². The summed E-state index contributed by atoms with van der Waals surface area (Å²) in [6.07, 6.45) is 4.67. The number of phenolic OH excluding ortho intramolecular Hbond substituents is 1. The second-order valence-electron chi connectivity index (χ2n) is 4.77. The minimum atomic E-state index is 0.118. The molecule has 1 saturated heterocycles. The van der Waals surface area contributed by atoms with E-state index < -0.39 is 0 Å². The average Bonchev–Trinajstić information content (AvgIpc) is 2.35. The number of aryl methyl sites for hydroxylation is 1. The summed E-state index contributed by atoms with van der Waals surface area (Å²) >= 11 is 0. The van der Waals surface area contributed by atoms with Gasteiger partial charge in [-0.2, -0.15) is 5.26 Å². The molecule has 90 valence electrons. The monoisotopic (exact) mass is 230 g/mol. The maximum atomic E-state index is 9.69. The van der Waals surface area contributed by atoms with Gasteiger partial charge in [0.15, 0.2) is 0 Å². The number of nitrogens with one attached hydrogen (secondary N) is 1. The van der Waals surface area contributed by atoms with Crippen LogP contribution in [-0.2, 0) is 6.42 Å². The third-order valence-corrected chi connectivity index (χ3v) is 3.38. The van der Waals surface area contributed by atoms with E-state index in [-0.39, 0.29) is 5.75 Å². The molecule has 0 spiro atoms. The highest BCUT2D eigenvalue weighted by Crippen LogP contribution is 2.24. The van der Waals surface area contributed by atoms with Gasteiger partial charge in [-0.05, 0) is 49.9 Å². The summed E-state index contributed by atoms with van der Waals surface area (Å²) in [6.45, 7) is 2.93. The van der Waals surface area contributed by atoms with E-state index in [9.17, 15) is 5.11 Å². The summed E-state index contributed by atoms with van der Waals surface area (Å²) in [5, 5.41) is 22.1. The maximum Gasteiger partial charge on any atom is 0.136 e. The predicted molar refractivity (Wildman–Crippen MR) is 66.9 cm³/mol. The van der Waals surface area contributed by atoms with Gasteiger partial charge < -0.3 is 10.4 Å². The van der Waals surface area contributed by atoms with Crippen LogP contribution >= 0.6 is 0 Å². The highest BCUT2D eigenvalue weighted by molar-refractivity contribution is 5.49. The first-order valence-corrected chi connectivity index (χ1v) is 6.16. The van der Waals surface area contributed by atoms with Crippen LogP contribution in [0.3, 0.4) is 0 Å². The van der Waals surface area contributed by atoms with Gasteiger partial charge >= 0.3 is 0 Å². The number of rotatable bonds is 2. The molecule has 1 aromatic rings. The van der Waals surface area contributed by atoms with E-state index >= 15 is 0 Å². The molecule has 2 N–H and O–H groups in total. The molecule has 0 aliphatic carbocycles.